The number of rotatable bonds is 7. The normalized spacial score (nSPS) is 10.8. The van der Waals surface area contributed by atoms with Crippen LogP contribution in [-0.2, 0) is 19.6 Å². The molecule has 0 aliphatic carbocycles. The highest BCUT2D eigenvalue weighted by molar-refractivity contribution is 5.78. The Kier molecular flexibility index (Phi) is 5.53. The third-order valence-corrected chi connectivity index (χ3v) is 4.65. The largest absolute Gasteiger partial charge is 0.489 e. The first-order valence-electron chi connectivity index (χ1n) is 9.58. The minimum atomic E-state index is 0.423. The van der Waals surface area contributed by atoms with Crippen molar-refractivity contribution in [1.82, 2.24) is 4.98 Å². The number of para-hydroxylation sites is 1. The fraction of sp³-hybridized carbons (Fsp3) is 0.160. The van der Waals surface area contributed by atoms with Crippen molar-refractivity contribution in [2.75, 3.05) is 0 Å². The molecule has 0 spiro atoms. The van der Waals surface area contributed by atoms with Crippen LogP contribution in [0.3, 0.4) is 0 Å². The van der Waals surface area contributed by atoms with Crippen LogP contribution in [0.25, 0.3) is 10.9 Å². The first-order valence-corrected chi connectivity index (χ1v) is 9.58. The van der Waals surface area contributed by atoms with Crippen molar-refractivity contribution >= 4 is 10.9 Å². The molecule has 3 nitrogen and oxygen atoms in total. The van der Waals surface area contributed by atoms with Crippen LogP contribution < -0.4 is 9.47 Å². The van der Waals surface area contributed by atoms with Gasteiger partial charge in [0.15, 0.2) is 0 Å². The molecule has 1 heterocycles. The van der Waals surface area contributed by atoms with E-state index in [2.05, 4.69) is 48.3 Å². The Bertz CT molecular complexity index is 1070. The van der Waals surface area contributed by atoms with Crippen LogP contribution in [0, 0.1) is 0 Å². The molecule has 0 radical (unpaired) electrons. The highest BCUT2D eigenvalue weighted by Gasteiger charge is 2.03. The number of pyridine rings is 1. The topological polar surface area (TPSA) is 31.4 Å². The molecule has 0 atom stereocenters. The van der Waals surface area contributed by atoms with Gasteiger partial charge in [0.05, 0.1) is 11.2 Å². The highest BCUT2D eigenvalue weighted by atomic mass is 16.5. The summed E-state index contributed by atoms with van der Waals surface area (Å²) in [5, 5.41) is 1.13. The lowest BCUT2D eigenvalue weighted by Crippen LogP contribution is -1.99. The van der Waals surface area contributed by atoms with Gasteiger partial charge in [-0.15, -0.1) is 0 Å². The summed E-state index contributed by atoms with van der Waals surface area (Å²) < 4.78 is 11.9. The molecule has 0 amide bonds. The first kappa shape index (κ1) is 18.1. The molecule has 0 unspecified atom stereocenters. The molecular formula is C25H23NO2. The van der Waals surface area contributed by atoms with Crippen molar-refractivity contribution in [3.63, 3.8) is 0 Å². The Morgan fingerprint density at radius 3 is 2.29 bits per heavy atom. The van der Waals surface area contributed by atoms with Crippen molar-refractivity contribution in [1.29, 1.82) is 0 Å². The van der Waals surface area contributed by atoms with E-state index in [1.54, 1.807) is 0 Å². The second-order valence-electron chi connectivity index (χ2n) is 6.72. The van der Waals surface area contributed by atoms with Gasteiger partial charge in [0, 0.05) is 11.5 Å². The molecular weight excluding hydrogens is 346 g/mol. The van der Waals surface area contributed by atoms with Crippen molar-refractivity contribution in [2.45, 2.75) is 26.6 Å². The Hall–Kier alpha value is -3.33. The molecule has 4 aromatic rings. The fourth-order valence-corrected chi connectivity index (χ4v) is 3.11. The van der Waals surface area contributed by atoms with Crippen LogP contribution in [0.4, 0.5) is 0 Å². The molecule has 0 saturated heterocycles. The van der Waals surface area contributed by atoms with E-state index in [4.69, 9.17) is 9.47 Å². The van der Waals surface area contributed by atoms with Gasteiger partial charge in [0.2, 0.25) is 0 Å². The molecule has 0 N–H and O–H groups in total. The molecule has 1 aromatic heterocycles. The molecule has 3 aromatic carbocycles. The van der Waals surface area contributed by atoms with Gasteiger partial charge in [-0.3, -0.25) is 0 Å². The van der Waals surface area contributed by atoms with Crippen molar-refractivity contribution in [3.05, 3.63) is 102 Å². The first-order chi connectivity index (χ1) is 13.8. The van der Waals surface area contributed by atoms with Gasteiger partial charge in [0.1, 0.15) is 24.7 Å². The highest BCUT2D eigenvalue weighted by Crippen LogP contribution is 2.22. The lowest BCUT2D eigenvalue weighted by atomic mass is 10.1. The Balaban J connectivity index is 1.38. The van der Waals surface area contributed by atoms with Crippen LogP contribution in [0.2, 0.25) is 0 Å². The second kappa shape index (κ2) is 8.57. The summed E-state index contributed by atoms with van der Waals surface area (Å²) in [4.78, 5) is 4.65. The minimum Gasteiger partial charge on any atom is -0.489 e. The van der Waals surface area contributed by atoms with Gasteiger partial charge in [-0.05, 0) is 41.8 Å². The van der Waals surface area contributed by atoms with E-state index in [1.165, 1.54) is 11.1 Å². The quantitative estimate of drug-likeness (QED) is 0.403. The van der Waals surface area contributed by atoms with E-state index in [-0.39, 0.29) is 0 Å². The van der Waals surface area contributed by atoms with Gasteiger partial charge < -0.3 is 9.47 Å². The Morgan fingerprint density at radius 1 is 0.679 bits per heavy atom. The molecule has 0 saturated carbocycles. The number of benzene rings is 3. The van der Waals surface area contributed by atoms with Crippen LogP contribution >= 0.6 is 0 Å². The summed E-state index contributed by atoms with van der Waals surface area (Å²) >= 11 is 0. The molecule has 3 heteroatoms. The molecule has 28 heavy (non-hydrogen) atoms. The van der Waals surface area contributed by atoms with Gasteiger partial charge in [-0.25, -0.2) is 4.98 Å². The average Bonchev–Trinajstić information content (AvgIpc) is 2.76. The van der Waals surface area contributed by atoms with Crippen LogP contribution in [-0.4, -0.2) is 4.98 Å². The van der Waals surface area contributed by atoms with E-state index in [0.29, 0.717) is 13.2 Å². The smallest absolute Gasteiger partial charge is 0.130 e. The van der Waals surface area contributed by atoms with Gasteiger partial charge >= 0.3 is 0 Å². The summed E-state index contributed by atoms with van der Waals surface area (Å²) in [6, 6.07) is 28.4. The third-order valence-electron chi connectivity index (χ3n) is 4.65. The summed E-state index contributed by atoms with van der Waals surface area (Å²) in [5.74, 6) is 1.57. The van der Waals surface area contributed by atoms with Crippen molar-refractivity contribution < 1.29 is 9.47 Å². The van der Waals surface area contributed by atoms with E-state index in [1.807, 2.05) is 48.5 Å². The maximum atomic E-state index is 5.95. The van der Waals surface area contributed by atoms with Crippen LogP contribution in [0.15, 0.2) is 84.9 Å². The predicted octanol–water partition coefficient (Wildman–Crippen LogP) is 5.96. The zero-order chi connectivity index (χ0) is 19.2. The second-order valence-corrected chi connectivity index (χ2v) is 6.72. The number of hydrogen-bond donors (Lipinski definition) is 0. The SMILES string of the molecule is CCc1cccc(COc2cccc(OCc3ccc4ccccc4n3)c2)c1. The molecule has 140 valence electrons. The summed E-state index contributed by atoms with van der Waals surface area (Å²) in [5.41, 5.74) is 4.38. The maximum Gasteiger partial charge on any atom is 0.130 e. The molecule has 0 bridgehead atoms. The van der Waals surface area contributed by atoms with Gasteiger partial charge in [-0.2, -0.15) is 0 Å². The Morgan fingerprint density at radius 2 is 1.43 bits per heavy atom. The molecule has 0 aliphatic rings. The minimum absolute atomic E-state index is 0.423. The number of aryl methyl sites for hydroxylation is 1. The van der Waals surface area contributed by atoms with Gasteiger partial charge in [-0.1, -0.05) is 61.5 Å². The monoisotopic (exact) mass is 369 g/mol. The van der Waals surface area contributed by atoms with Crippen molar-refractivity contribution in [3.8, 4) is 11.5 Å². The molecule has 0 fully saturated rings. The van der Waals surface area contributed by atoms with Crippen molar-refractivity contribution in [2.24, 2.45) is 0 Å². The van der Waals surface area contributed by atoms with Gasteiger partial charge in [0.25, 0.3) is 0 Å². The zero-order valence-electron chi connectivity index (χ0n) is 16.0. The summed E-state index contributed by atoms with van der Waals surface area (Å²) in [6.45, 7) is 3.13. The third kappa shape index (κ3) is 4.49. The summed E-state index contributed by atoms with van der Waals surface area (Å²) in [7, 11) is 0. The lowest BCUT2D eigenvalue weighted by Gasteiger charge is -2.10. The number of nitrogens with zero attached hydrogens (tertiary/aromatic N) is 1. The van der Waals surface area contributed by atoms with E-state index >= 15 is 0 Å². The van der Waals surface area contributed by atoms with E-state index in [0.717, 1.165) is 34.5 Å². The average molecular weight is 369 g/mol. The van der Waals surface area contributed by atoms with Crippen LogP contribution in [0.5, 0.6) is 11.5 Å². The maximum absolute atomic E-state index is 5.95. The number of ether oxygens (including phenoxy) is 2. The number of fused-ring (bicyclic) bond motifs is 1. The van der Waals surface area contributed by atoms with E-state index < -0.39 is 0 Å². The summed E-state index contributed by atoms with van der Waals surface area (Å²) in [6.07, 6.45) is 1.03. The Labute approximate surface area is 165 Å². The molecule has 0 aliphatic heterocycles. The lowest BCUT2D eigenvalue weighted by molar-refractivity contribution is 0.287. The number of hydrogen-bond acceptors (Lipinski definition) is 3. The number of aromatic nitrogens is 1. The van der Waals surface area contributed by atoms with Crippen LogP contribution in [0.1, 0.15) is 23.7 Å². The standard InChI is InChI=1S/C25H23NO2/c1-2-19-7-5-8-20(15-19)17-27-23-10-6-11-24(16-23)28-18-22-14-13-21-9-3-4-12-25(21)26-22/h3-16H,2,17-18H2,1H3. The fourth-order valence-electron chi connectivity index (χ4n) is 3.11. The molecule has 4 rings (SSSR count). The zero-order valence-corrected chi connectivity index (χ0v) is 16.0. The predicted molar refractivity (Wildman–Crippen MR) is 113 cm³/mol. The van der Waals surface area contributed by atoms with E-state index in [9.17, 15) is 0 Å².